The van der Waals surface area contributed by atoms with Crippen molar-refractivity contribution in [1.29, 1.82) is 0 Å². The van der Waals surface area contributed by atoms with E-state index in [1.54, 1.807) is 22.3 Å². The minimum atomic E-state index is 0.811. The summed E-state index contributed by atoms with van der Waals surface area (Å²) in [6, 6.07) is 9.88. The number of nitrogens with one attached hydrogen (secondary N) is 1. The first-order chi connectivity index (χ1) is 10.4. The molecule has 0 amide bonds. The Kier molecular flexibility index (Phi) is 4.37. The Labute approximate surface area is 127 Å². The van der Waals surface area contributed by atoms with Crippen molar-refractivity contribution in [3.8, 4) is 16.4 Å². The van der Waals surface area contributed by atoms with Crippen LogP contribution in [0.25, 0.3) is 16.4 Å². The van der Waals surface area contributed by atoms with Crippen molar-refractivity contribution in [1.82, 2.24) is 25.3 Å². The van der Waals surface area contributed by atoms with Crippen molar-refractivity contribution in [2.45, 2.75) is 19.9 Å². The largest absolute Gasteiger partial charge is 0.312 e. The monoisotopic (exact) mass is 299 g/mol. The van der Waals surface area contributed by atoms with Crippen LogP contribution in [-0.2, 0) is 6.54 Å². The molecular formula is C15H17N5S. The minimum Gasteiger partial charge on any atom is -0.312 e. The summed E-state index contributed by atoms with van der Waals surface area (Å²) < 4.78 is 0. The van der Waals surface area contributed by atoms with Crippen molar-refractivity contribution in [3.63, 3.8) is 0 Å². The van der Waals surface area contributed by atoms with E-state index in [0.717, 1.165) is 35.9 Å². The van der Waals surface area contributed by atoms with Gasteiger partial charge in [0.05, 0.1) is 11.9 Å². The molecule has 21 heavy (non-hydrogen) atoms. The van der Waals surface area contributed by atoms with Crippen LogP contribution in [-0.4, -0.2) is 26.5 Å². The van der Waals surface area contributed by atoms with Gasteiger partial charge >= 0.3 is 0 Å². The van der Waals surface area contributed by atoms with Gasteiger partial charge in [-0.05, 0) is 25.1 Å². The summed E-state index contributed by atoms with van der Waals surface area (Å²) in [6.07, 6.45) is 4.80. The lowest BCUT2D eigenvalue weighted by Gasteiger charge is -1.97. The first kappa shape index (κ1) is 13.9. The Hall–Kier alpha value is -2.05. The molecule has 0 radical (unpaired) electrons. The number of benzene rings is 1. The molecule has 3 aromatic rings. The zero-order chi connectivity index (χ0) is 14.5. The Balaban J connectivity index is 1.74. The van der Waals surface area contributed by atoms with Gasteiger partial charge in [0, 0.05) is 17.6 Å². The minimum absolute atomic E-state index is 0.811. The highest BCUT2D eigenvalue weighted by Gasteiger charge is 2.09. The topological polar surface area (TPSA) is 55.6 Å². The molecule has 0 spiro atoms. The molecule has 0 saturated heterocycles. The number of hydrogen-bond donors (Lipinski definition) is 1. The molecule has 0 aliphatic heterocycles. The van der Waals surface area contributed by atoms with Gasteiger partial charge in [0.25, 0.3) is 0 Å². The fourth-order valence-corrected chi connectivity index (χ4v) is 2.77. The van der Waals surface area contributed by atoms with Gasteiger partial charge in [-0.2, -0.15) is 9.90 Å². The molecule has 3 rings (SSSR count). The fraction of sp³-hybridized carbons (Fsp3) is 0.267. The summed E-state index contributed by atoms with van der Waals surface area (Å²) in [6.45, 7) is 4.04. The Morgan fingerprint density at radius 3 is 2.86 bits per heavy atom. The maximum Gasteiger partial charge on any atom is 0.145 e. The first-order valence-electron chi connectivity index (χ1n) is 7.00. The second-order valence-electron chi connectivity index (χ2n) is 4.66. The molecule has 1 aromatic carbocycles. The number of aromatic nitrogens is 4. The molecule has 2 heterocycles. The van der Waals surface area contributed by atoms with E-state index in [9.17, 15) is 0 Å². The average Bonchev–Trinajstić information content (AvgIpc) is 3.17. The van der Waals surface area contributed by atoms with E-state index < -0.39 is 0 Å². The molecule has 6 heteroatoms. The lowest BCUT2D eigenvalue weighted by molar-refractivity contribution is 0.681. The second kappa shape index (κ2) is 6.60. The average molecular weight is 299 g/mol. The molecule has 0 fully saturated rings. The predicted octanol–water partition coefficient (Wildman–Crippen LogP) is 2.89. The molecular weight excluding hydrogens is 282 g/mol. The quantitative estimate of drug-likeness (QED) is 0.711. The van der Waals surface area contributed by atoms with Gasteiger partial charge in [-0.3, -0.25) is 0 Å². The van der Waals surface area contributed by atoms with Gasteiger partial charge in [0.2, 0.25) is 0 Å². The molecule has 0 aliphatic carbocycles. The van der Waals surface area contributed by atoms with Crippen LogP contribution in [0.15, 0.2) is 42.7 Å². The molecule has 0 aliphatic rings. The van der Waals surface area contributed by atoms with Crippen LogP contribution in [0.1, 0.15) is 18.2 Å². The molecule has 0 bridgehead atoms. The third-order valence-electron chi connectivity index (χ3n) is 2.98. The Bertz CT molecular complexity index is 689. The van der Waals surface area contributed by atoms with Crippen LogP contribution < -0.4 is 5.32 Å². The highest BCUT2D eigenvalue weighted by molar-refractivity contribution is 7.14. The third-order valence-corrected chi connectivity index (χ3v) is 4.00. The van der Waals surface area contributed by atoms with Crippen LogP contribution in [0.5, 0.6) is 0 Å². The molecule has 0 atom stereocenters. The van der Waals surface area contributed by atoms with E-state index in [1.165, 1.54) is 4.88 Å². The van der Waals surface area contributed by atoms with Gasteiger partial charge < -0.3 is 5.32 Å². The van der Waals surface area contributed by atoms with Crippen LogP contribution >= 0.6 is 11.3 Å². The van der Waals surface area contributed by atoms with Gasteiger partial charge in [0.1, 0.15) is 10.7 Å². The van der Waals surface area contributed by atoms with Crippen molar-refractivity contribution in [2.24, 2.45) is 0 Å². The van der Waals surface area contributed by atoms with Gasteiger partial charge in [-0.1, -0.05) is 25.1 Å². The zero-order valence-corrected chi connectivity index (χ0v) is 12.7. The lowest BCUT2D eigenvalue weighted by Crippen LogP contribution is -2.12. The highest BCUT2D eigenvalue weighted by Crippen LogP contribution is 2.23. The van der Waals surface area contributed by atoms with Crippen LogP contribution in [0, 0.1) is 0 Å². The molecule has 1 N–H and O–H groups in total. The maximum absolute atomic E-state index is 4.49. The standard InChI is InChI=1S/C15H17N5S/c1-2-8-16-9-13-10-17-15(21-13)14-11-18-20(19-14)12-6-4-3-5-7-12/h3-7,10-11,16H,2,8-9H2,1H3. The summed E-state index contributed by atoms with van der Waals surface area (Å²) in [5.74, 6) is 0. The van der Waals surface area contributed by atoms with E-state index in [2.05, 4.69) is 27.4 Å². The number of thiazole rings is 1. The van der Waals surface area contributed by atoms with Gasteiger partial charge in [-0.25, -0.2) is 4.98 Å². The smallest absolute Gasteiger partial charge is 0.145 e. The van der Waals surface area contributed by atoms with E-state index in [1.807, 2.05) is 36.5 Å². The summed E-state index contributed by atoms with van der Waals surface area (Å²) in [4.78, 5) is 7.28. The second-order valence-corrected chi connectivity index (χ2v) is 5.78. The van der Waals surface area contributed by atoms with Crippen LogP contribution in [0.2, 0.25) is 0 Å². The van der Waals surface area contributed by atoms with Crippen LogP contribution in [0.3, 0.4) is 0 Å². The Morgan fingerprint density at radius 2 is 2.05 bits per heavy atom. The molecule has 5 nitrogen and oxygen atoms in total. The first-order valence-corrected chi connectivity index (χ1v) is 7.82. The zero-order valence-electron chi connectivity index (χ0n) is 11.9. The fourth-order valence-electron chi connectivity index (χ4n) is 1.94. The van der Waals surface area contributed by atoms with Gasteiger partial charge in [0.15, 0.2) is 0 Å². The molecule has 2 aromatic heterocycles. The van der Waals surface area contributed by atoms with E-state index >= 15 is 0 Å². The summed E-state index contributed by atoms with van der Waals surface area (Å²) in [7, 11) is 0. The molecule has 0 unspecified atom stereocenters. The number of nitrogens with zero attached hydrogens (tertiary/aromatic N) is 4. The van der Waals surface area contributed by atoms with E-state index in [4.69, 9.17) is 0 Å². The summed E-state index contributed by atoms with van der Waals surface area (Å²) in [5, 5.41) is 13.1. The predicted molar refractivity (Wildman–Crippen MR) is 84.5 cm³/mol. The lowest BCUT2D eigenvalue weighted by atomic mass is 10.3. The SMILES string of the molecule is CCCNCc1cnc(-c2cnn(-c3ccccc3)n2)s1. The number of hydrogen-bond acceptors (Lipinski definition) is 5. The number of rotatable bonds is 6. The summed E-state index contributed by atoms with van der Waals surface area (Å²) >= 11 is 1.66. The van der Waals surface area contributed by atoms with Crippen LogP contribution in [0.4, 0.5) is 0 Å². The van der Waals surface area contributed by atoms with Crippen molar-refractivity contribution in [2.75, 3.05) is 6.54 Å². The molecule has 108 valence electrons. The van der Waals surface area contributed by atoms with E-state index in [-0.39, 0.29) is 0 Å². The molecule has 0 saturated carbocycles. The summed E-state index contributed by atoms with van der Waals surface area (Å²) in [5.41, 5.74) is 1.76. The maximum atomic E-state index is 4.49. The van der Waals surface area contributed by atoms with Crippen molar-refractivity contribution in [3.05, 3.63) is 47.6 Å². The number of para-hydroxylation sites is 1. The highest BCUT2D eigenvalue weighted by atomic mass is 32.1. The van der Waals surface area contributed by atoms with E-state index in [0.29, 0.717) is 0 Å². The van der Waals surface area contributed by atoms with Crippen molar-refractivity contribution < 1.29 is 0 Å². The normalized spacial score (nSPS) is 10.9. The van der Waals surface area contributed by atoms with Gasteiger partial charge in [-0.15, -0.1) is 16.4 Å². The Morgan fingerprint density at radius 1 is 1.19 bits per heavy atom. The van der Waals surface area contributed by atoms with Crippen molar-refractivity contribution >= 4 is 11.3 Å². The third kappa shape index (κ3) is 3.34.